The summed E-state index contributed by atoms with van der Waals surface area (Å²) in [6, 6.07) is 14.0. The van der Waals surface area contributed by atoms with Gasteiger partial charge in [-0.05, 0) is 49.6 Å². The predicted molar refractivity (Wildman–Crippen MR) is 154 cm³/mol. The van der Waals surface area contributed by atoms with Crippen LogP contribution in [0.25, 0.3) is 5.69 Å². The van der Waals surface area contributed by atoms with Crippen LogP contribution < -0.4 is 19.7 Å². The van der Waals surface area contributed by atoms with Crippen LogP contribution in [-0.2, 0) is 15.0 Å². The molecule has 2 aromatic carbocycles. The standard InChI is InChI=1S/C30H36N4O4S/c1-7-19(3)31-24(35)15-33-25(36)16-39-27(20-12-13-22-23(14-20)38-17-37-22)26-28(30(4,5)6)32-34(29(26)33)21-11-9-8-10-18(21)2/h8-14,19,27H,7,15-17H2,1-6H3,(H,31,35)/t19-,27-/m0/s1. The first kappa shape index (κ1) is 27.1. The van der Waals surface area contributed by atoms with E-state index in [1.54, 1.807) is 16.7 Å². The number of fused-ring (bicyclic) bond motifs is 2. The van der Waals surface area contributed by atoms with Gasteiger partial charge in [0.25, 0.3) is 0 Å². The monoisotopic (exact) mass is 548 g/mol. The lowest BCUT2D eigenvalue weighted by Gasteiger charge is -2.25. The maximum atomic E-state index is 13.8. The van der Waals surface area contributed by atoms with E-state index in [9.17, 15) is 9.59 Å². The Morgan fingerprint density at radius 3 is 2.64 bits per heavy atom. The van der Waals surface area contributed by atoms with Gasteiger partial charge < -0.3 is 14.8 Å². The number of amides is 2. The van der Waals surface area contributed by atoms with Crippen molar-refractivity contribution in [2.45, 2.75) is 64.7 Å². The smallest absolute Gasteiger partial charge is 0.240 e. The van der Waals surface area contributed by atoms with E-state index in [2.05, 4.69) is 26.1 Å². The maximum Gasteiger partial charge on any atom is 0.240 e. The number of thioether (sulfide) groups is 1. The Bertz CT molecular complexity index is 1410. The van der Waals surface area contributed by atoms with E-state index < -0.39 is 0 Å². The summed E-state index contributed by atoms with van der Waals surface area (Å²) in [5.74, 6) is 1.96. The summed E-state index contributed by atoms with van der Waals surface area (Å²) in [6.45, 7) is 12.5. The number of nitrogens with one attached hydrogen (secondary N) is 1. The topological polar surface area (TPSA) is 85.7 Å². The highest BCUT2D eigenvalue weighted by Gasteiger charge is 2.40. The van der Waals surface area contributed by atoms with Gasteiger partial charge in [0.1, 0.15) is 12.4 Å². The Kier molecular flexibility index (Phi) is 7.37. The molecule has 0 spiro atoms. The van der Waals surface area contributed by atoms with Crippen LogP contribution in [0.1, 0.15) is 68.7 Å². The molecule has 3 aromatic rings. The van der Waals surface area contributed by atoms with Crippen molar-refractivity contribution in [2.75, 3.05) is 24.0 Å². The summed E-state index contributed by atoms with van der Waals surface area (Å²) in [4.78, 5) is 28.6. The zero-order valence-corrected chi connectivity index (χ0v) is 24.2. The zero-order valence-electron chi connectivity index (χ0n) is 23.4. The fourth-order valence-corrected chi connectivity index (χ4v) is 6.14. The first-order valence-corrected chi connectivity index (χ1v) is 14.4. The zero-order chi connectivity index (χ0) is 27.9. The van der Waals surface area contributed by atoms with Crippen LogP contribution >= 0.6 is 11.8 Å². The quantitative estimate of drug-likeness (QED) is 0.451. The van der Waals surface area contributed by atoms with E-state index >= 15 is 0 Å². The molecule has 1 N–H and O–H groups in total. The number of hydrogen-bond acceptors (Lipinski definition) is 6. The molecule has 9 heteroatoms. The highest BCUT2D eigenvalue weighted by atomic mass is 32.2. The second kappa shape index (κ2) is 10.6. The number of carbonyl (C=O) groups is 2. The van der Waals surface area contributed by atoms with Crippen molar-refractivity contribution < 1.29 is 19.1 Å². The lowest BCUT2D eigenvalue weighted by Crippen LogP contribution is -2.44. The van der Waals surface area contributed by atoms with Crippen molar-refractivity contribution in [3.63, 3.8) is 0 Å². The number of carbonyl (C=O) groups excluding carboxylic acids is 2. The number of nitrogens with zero attached hydrogens (tertiary/aromatic N) is 3. The van der Waals surface area contributed by atoms with Gasteiger partial charge in [0.15, 0.2) is 11.5 Å². The van der Waals surface area contributed by atoms with Crippen molar-refractivity contribution in [3.05, 3.63) is 64.8 Å². The summed E-state index contributed by atoms with van der Waals surface area (Å²) >= 11 is 1.55. The SMILES string of the molecule is CC[C@H](C)NC(=O)CN1C(=O)CS[C@@H](c2ccc3c(c2)OCO3)c2c(C(C)(C)C)nn(-c3ccccc3C)c21. The minimum absolute atomic E-state index is 0.0150. The highest BCUT2D eigenvalue weighted by molar-refractivity contribution is 8.00. The molecule has 0 unspecified atom stereocenters. The Labute approximate surface area is 234 Å². The van der Waals surface area contributed by atoms with E-state index in [0.29, 0.717) is 17.3 Å². The number of ether oxygens (including phenoxy) is 2. The Hall–Kier alpha value is -3.46. The van der Waals surface area contributed by atoms with Gasteiger partial charge in [0.05, 0.1) is 22.4 Å². The normalized spacial score (nSPS) is 17.5. The first-order valence-electron chi connectivity index (χ1n) is 13.4. The van der Waals surface area contributed by atoms with Gasteiger partial charge in [0, 0.05) is 17.0 Å². The molecule has 2 atom stereocenters. The minimum atomic E-state index is -0.328. The third kappa shape index (κ3) is 5.24. The largest absolute Gasteiger partial charge is 0.454 e. The van der Waals surface area contributed by atoms with Gasteiger partial charge in [-0.15, -0.1) is 11.8 Å². The van der Waals surface area contributed by atoms with Crippen LogP contribution in [0.15, 0.2) is 42.5 Å². The van der Waals surface area contributed by atoms with Gasteiger partial charge >= 0.3 is 0 Å². The molecular formula is C30H36N4O4S. The molecule has 0 saturated heterocycles. The molecule has 0 bridgehead atoms. The maximum absolute atomic E-state index is 13.8. The van der Waals surface area contributed by atoms with Gasteiger partial charge in [-0.25, -0.2) is 4.68 Å². The third-order valence-corrected chi connectivity index (χ3v) is 8.42. The molecule has 0 fully saturated rings. The Balaban J connectivity index is 1.75. The van der Waals surface area contributed by atoms with E-state index in [1.807, 2.05) is 67.9 Å². The van der Waals surface area contributed by atoms with Crippen LogP contribution in [0.3, 0.4) is 0 Å². The summed E-state index contributed by atoms with van der Waals surface area (Å²) < 4.78 is 13.1. The summed E-state index contributed by atoms with van der Waals surface area (Å²) in [7, 11) is 0. The van der Waals surface area contributed by atoms with Gasteiger partial charge in [-0.2, -0.15) is 5.10 Å². The van der Waals surface area contributed by atoms with Crippen molar-refractivity contribution >= 4 is 29.4 Å². The molecule has 0 saturated carbocycles. The lowest BCUT2D eigenvalue weighted by atomic mass is 9.87. The number of benzene rings is 2. The van der Waals surface area contributed by atoms with Crippen molar-refractivity contribution in [1.82, 2.24) is 15.1 Å². The van der Waals surface area contributed by atoms with E-state index in [-0.39, 0.29) is 47.6 Å². The van der Waals surface area contributed by atoms with Crippen molar-refractivity contribution in [1.29, 1.82) is 0 Å². The predicted octanol–water partition coefficient (Wildman–Crippen LogP) is 5.29. The van der Waals surface area contributed by atoms with Gasteiger partial charge in [-0.3, -0.25) is 14.5 Å². The number of rotatable bonds is 6. The van der Waals surface area contributed by atoms with Crippen LogP contribution in [0.4, 0.5) is 5.82 Å². The molecule has 2 amide bonds. The van der Waals surface area contributed by atoms with Gasteiger partial charge in [0.2, 0.25) is 18.6 Å². The number of aromatic nitrogens is 2. The number of hydrogen-bond donors (Lipinski definition) is 1. The number of aryl methyl sites for hydroxylation is 1. The first-order chi connectivity index (χ1) is 18.6. The third-order valence-electron chi connectivity index (χ3n) is 7.16. The fourth-order valence-electron chi connectivity index (χ4n) is 4.95. The van der Waals surface area contributed by atoms with E-state index in [0.717, 1.165) is 34.5 Å². The second-order valence-electron chi connectivity index (χ2n) is 11.2. The second-order valence-corrected chi connectivity index (χ2v) is 12.3. The van der Waals surface area contributed by atoms with E-state index in [4.69, 9.17) is 14.6 Å². The summed E-state index contributed by atoms with van der Waals surface area (Å²) in [5.41, 5.74) is 4.40. The minimum Gasteiger partial charge on any atom is -0.454 e. The van der Waals surface area contributed by atoms with Crippen LogP contribution in [0, 0.1) is 6.92 Å². The Morgan fingerprint density at radius 2 is 1.92 bits per heavy atom. The molecule has 2 aliphatic rings. The van der Waals surface area contributed by atoms with Crippen LogP contribution in [-0.4, -0.2) is 46.7 Å². The molecule has 1 aromatic heterocycles. The molecule has 39 heavy (non-hydrogen) atoms. The summed E-state index contributed by atoms with van der Waals surface area (Å²) in [6.07, 6.45) is 0.808. The number of para-hydroxylation sites is 1. The highest BCUT2D eigenvalue weighted by Crippen LogP contribution is 2.50. The van der Waals surface area contributed by atoms with Crippen LogP contribution in [0.2, 0.25) is 0 Å². The van der Waals surface area contributed by atoms with E-state index in [1.165, 1.54) is 0 Å². The molecule has 5 rings (SSSR count). The molecule has 0 aliphatic carbocycles. The molecular weight excluding hydrogens is 512 g/mol. The molecule has 2 aliphatic heterocycles. The molecule has 3 heterocycles. The molecule has 0 radical (unpaired) electrons. The van der Waals surface area contributed by atoms with Crippen molar-refractivity contribution in [2.24, 2.45) is 0 Å². The summed E-state index contributed by atoms with van der Waals surface area (Å²) in [5, 5.41) is 8.00. The average molecular weight is 549 g/mol. The molecule has 206 valence electrons. The van der Waals surface area contributed by atoms with Gasteiger partial charge in [-0.1, -0.05) is 52.0 Å². The Morgan fingerprint density at radius 1 is 1.18 bits per heavy atom. The fraction of sp³-hybridized carbons (Fsp3) is 0.433. The number of anilines is 1. The molecule has 8 nitrogen and oxygen atoms in total. The van der Waals surface area contributed by atoms with Crippen molar-refractivity contribution in [3.8, 4) is 17.2 Å². The lowest BCUT2D eigenvalue weighted by molar-refractivity contribution is -0.123. The average Bonchev–Trinajstić information content (AvgIpc) is 3.49. The van der Waals surface area contributed by atoms with Crippen LogP contribution in [0.5, 0.6) is 11.5 Å².